The summed E-state index contributed by atoms with van der Waals surface area (Å²) in [7, 11) is 0. The number of nitriles is 2. The van der Waals surface area contributed by atoms with Gasteiger partial charge in [-0.25, -0.2) is 17.6 Å². The molecule has 0 saturated heterocycles. The summed E-state index contributed by atoms with van der Waals surface area (Å²) >= 11 is 7.73. The zero-order valence-electron chi connectivity index (χ0n) is 38.9. The fourth-order valence-electron chi connectivity index (χ4n) is 10.1. The Morgan fingerprint density at radius 1 is 0.605 bits per heavy atom. The van der Waals surface area contributed by atoms with E-state index in [2.05, 4.69) is 15.8 Å². The lowest BCUT2D eigenvalue weighted by Gasteiger charge is -2.31. The van der Waals surface area contributed by atoms with Crippen molar-refractivity contribution in [1.82, 2.24) is 8.75 Å². The van der Waals surface area contributed by atoms with Gasteiger partial charge in [0.15, 0.2) is 34.8 Å². The SMILES string of the molecule is [C-]#[N+]C([N+]#[C-])=C1/C(=C/c2cc3c(s2)-c2sc(-c4c5c(c(-c6cc7c(s6)-c6sc(/C=C8\C(=O)c9cc(F)c(F)cc9C8=C(C#N)C#N)cc6OC7(C)C)c6nsnc46)N=S=N5)cc2C(C)(C)O3)C(=O)c2cc(F)c(F)cc21. The molecule has 5 aromatic heterocycles. The van der Waals surface area contributed by atoms with Crippen molar-refractivity contribution in [2.24, 2.45) is 8.73 Å². The standard InChI is InChI=1S/C54H22F4N8O4S6/c1-53(2)28-15-36(73-48(28)50-34(69-53)9-20(71-50)7-26-38(19(17-59)18-60)22-11-30(55)32(57)13-24(22)46(26)67)40-42-44(65-75-63-42)41(45-43(40)64-76-66-45)37-16-29-49(74-37)51-35(70-54(29,3)4)10-21(72-51)8-27-39(52(61-5)62-6)23-12-31(56)33(58)14-25(23)47(27)68/h7-16H,1-4H3/b26-7-,27-8-. The normalized spacial score (nSPS) is 16.6. The molecule has 3 aromatic carbocycles. The van der Waals surface area contributed by atoms with Crippen molar-refractivity contribution in [2.75, 3.05) is 0 Å². The molecule has 0 saturated carbocycles. The van der Waals surface area contributed by atoms with Crippen LogP contribution in [0.4, 0.5) is 28.9 Å². The van der Waals surface area contributed by atoms with E-state index < -0.39 is 57.4 Å². The molecule has 0 N–H and O–H groups in total. The molecule has 0 atom stereocenters. The summed E-state index contributed by atoms with van der Waals surface area (Å²) < 4.78 is 90.6. The molecule has 0 spiro atoms. The molecule has 12 nitrogen and oxygen atoms in total. The lowest BCUT2D eigenvalue weighted by atomic mass is 9.93. The van der Waals surface area contributed by atoms with Gasteiger partial charge >= 0.3 is 5.82 Å². The molecular formula is C54H22F4N8O4S6. The summed E-state index contributed by atoms with van der Waals surface area (Å²) in [6.07, 6.45) is 3.04. The van der Waals surface area contributed by atoms with Gasteiger partial charge in [0.05, 0.1) is 48.2 Å². The van der Waals surface area contributed by atoms with Crippen molar-refractivity contribution in [2.45, 2.75) is 38.9 Å². The molecule has 366 valence electrons. The number of rotatable bonds is 4. The number of aromatic nitrogens is 2. The van der Waals surface area contributed by atoms with Gasteiger partial charge in [-0.15, -0.1) is 45.3 Å². The van der Waals surface area contributed by atoms with Crippen molar-refractivity contribution in [3.8, 4) is 64.0 Å². The maximum absolute atomic E-state index is 14.5. The van der Waals surface area contributed by atoms with Gasteiger partial charge in [-0.05, 0) is 99.5 Å². The van der Waals surface area contributed by atoms with Crippen molar-refractivity contribution < 1.29 is 36.6 Å². The number of thiophene rings is 4. The average molecular weight is 1120 g/mol. The Morgan fingerprint density at radius 3 is 1.46 bits per heavy atom. The van der Waals surface area contributed by atoms with E-state index >= 15 is 0 Å². The van der Waals surface area contributed by atoms with E-state index in [0.29, 0.717) is 43.7 Å². The minimum Gasteiger partial charge on any atom is -0.482 e. The van der Waals surface area contributed by atoms with E-state index in [9.17, 15) is 37.7 Å². The van der Waals surface area contributed by atoms with Gasteiger partial charge in [0.2, 0.25) is 0 Å². The molecule has 0 unspecified atom stereocenters. The van der Waals surface area contributed by atoms with Crippen LogP contribution in [0.2, 0.25) is 0 Å². The average Bonchev–Trinajstić information content (AvgIpc) is 4.30. The number of hydrogen-bond donors (Lipinski definition) is 0. The molecule has 0 bridgehead atoms. The summed E-state index contributed by atoms with van der Waals surface area (Å²) in [5, 5.41) is 19.7. The highest BCUT2D eigenvalue weighted by atomic mass is 32.1. The Hall–Kier alpha value is -8.32. The first-order valence-corrected chi connectivity index (χ1v) is 27.1. The monoisotopic (exact) mass is 1110 g/mol. The van der Waals surface area contributed by atoms with Crippen molar-refractivity contribution >= 4 is 126 Å². The van der Waals surface area contributed by atoms with E-state index in [0.717, 1.165) is 98.9 Å². The third-order valence-corrected chi connectivity index (χ3v) is 19.2. The molecule has 8 heterocycles. The zero-order chi connectivity index (χ0) is 53.0. The molecule has 0 fully saturated rings. The lowest BCUT2D eigenvalue weighted by Crippen LogP contribution is -2.27. The number of fused-ring (bicyclic) bond motifs is 10. The number of ketones is 2. The molecule has 3 aliphatic heterocycles. The minimum atomic E-state index is -1.23. The van der Waals surface area contributed by atoms with E-state index in [-0.39, 0.29) is 44.5 Å². The predicted octanol–water partition coefficient (Wildman–Crippen LogP) is 16.0. The molecule has 5 aliphatic rings. The van der Waals surface area contributed by atoms with Gasteiger partial charge in [0.1, 0.15) is 76.0 Å². The second kappa shape index (κ2) is 16.6. The van der Waals surface area contributed by atoms with E-state index in [1.807, 2.05) is 33.8 Å². The Kier molecular flexibility index (Phi) is 10.3. The second-order valence-corrected chi connectivity index (χ2v) is 23.9. The Labute approximate surface area is 450 Å². The predicted molar refractivity (Wildman–Crippen MR) is 285 cm³/mol. The van der Waals surface area contributed by atoms with Crippen molar-refractivity contribution in [3.05, 3.63) is 160 Å². The van der Waals surface area contributed by atoms with E-state index in [4.69, 9.17) is 40.1 Å². The molecule has 8 aromatic rings. The first-order valence-electron chi connectivity index (χ1n) is 22.4. The first-order chi connectivity index (χ1) is 36.4. The quantitative estimate of drug-likeness (QED) is 0.0729. The molecule has 22 heteroatoms. The second-order valence-electron chi connectivity index (χ2n) is 18.6. The highest BCUT2D eigenvalue weighted by Gasteiger charge is 2.42. The zero-order valence-corrected chi connectivity index (χ0v) is 43.8. The maximum Gasteiger partial charge on any atom is 0.528 e. The Balaban J connectivity index is 0.901. The molecule has 13 rings (SSSR count). The van der Waals surface area contributed by atoms with E-state index in [1.54, 1.807) is 24.3 Å². The van der Waals surface area contributed by atoms with Gasteiger partial charge in [-0.3, -0.25) is 9.59 Å². The van der Waals surface area contributed by atoms with Crippen LogP contribution in [-0.4, -0.2) is 20.3 Å². The maximum atomic E-state index is 14.5. The minimum absolute atomic E-state index is 0.0237. The number of carbonyl (C=O) groups is 2. The van der Waals surface area contributed by atoms with Crippen molar-refractivity contribution in [3.63, 3.8) is 0 Å². The number of hydrogen-bond acceptors (Lipinski definition) is 15. The Morgan fingerprint density at radius 2 is 1.03 bits per heavy atom. The molecule has 0 radical (unpaired) electrons. The summed E-state index contributed by atoms with van der Waals surface area (Å²) in [6, 6.07) is 14.5. The van der Waals surface area contributed by atoms with Crippen LogP contribution < -0.4 is 9.47 Å². The smallest absolute Gasteiger partial charge is 0.482 e. The fraction of sp³-hybridized carbons (Fsp3) is 0.111. The fourth-order valence-corrected chi connectivity index (χ4v) is 16.3. The number of ether oxygens (including phenoxy) is 2. The number of Topliss-reactive ketones (excluding diaryl/α,β-unsaturated/α-hetero) is 2. The largest absolute Gasteiger partial charge is 0.528 e. The van der Waals surface area contributed by atoms with Crippen LogP contribution in [0.3, 0.4) is 0 Å². The van der Waals surface area contributed by atoms with Crippen LogP contribution in [0.25, 0.3) is 84.4 Å². The highest BCUT2D eigenvalue weighted by molar-refractivity contribution is 7.58. The number of halogens is 4. The lowest BCUT2D eigenvalue weighted by molar-refractivity contribution is 0.103. The van der Waals surface area contributed by atoms with Crippen LogP contribution in [0.5, 0.6) is 11.5 Å². The van der Waals surface area contributed by atoms with Crippen molar-refractivity contribution in [1.29, 1.82) is 10.5 Å². The first kappa shape index (κ1) is 47.4. The molecule has 2 aliphatic carbocycles. The summed E-state index contributed by atoms with van der Waals surface area (Å²) in [4.78, 5) is 40.2. The van der Waals surface area contributed by atoms with Crippen LogP contribution >= 0.6 is 57.1 Å². The molecular weight excluding hydrogens is 1090 g/mol. The highest BCUT2D eigenvalue weighted by Crippen LogP contribution is 2.61. The Bertz CT molecular complexity index is 4250. The third kappa shape index (κ3) is 6.76. The topological polar surface area (TPSA) is 159 Å². The number of benzene rings is 3. The third-order valence-electron chi connectivity index (χ3n) is 13.4. The van der Waals surface area contributed by atoms with Crippen LogP contribution in [0.1, 0.15) is 80.4 Å². The van der Waals surface area contributed by atoms with Gasteiger partial charge in [0, 0.05) is 69.6 Å². The number of carbonyl (C=O) groups excluding carboxylic acids is 2. The summed E-state index contributed by atoms with van der Waals surface area (Å²) in [5.41, 5.74) is 2.88. The van der Waals surface area contributed by atoms with Crippen LogP contribution in [0.15, 0.2) is 79.8 Å². The van der Waals surface area contributed by atoms with Crippen LogP contribution in [0, 0.1) is 59.1 Å². The van der Waals surface area contributed by atoms with Crippen LogP contribution in [-0.2, 0) is 22.6 Å². The molecule has 0 amide bonds. The van der Waals surface area contributed by atoms with Gasteiger partial charge in [-0.1, -0.05) is 0 Å². The van der Waals surface area contributed by atoms with Gasteiger partial charge in [0.25, 0.3) is 0 Å². The number of allylic oxidation sites excluding steroid dienone is 5. The number of nitrogens with zero attached hydrogens (tertiary/aromatic N) is 8. The van der Waals surface area contributed by atoms with E-state index in [1.165, 1.54) is 57.5 Å². The summed E-state index contributed by atoms with van der Waals surface area (Å²) in [5.74, 6) is -5.57. The summed E-state index contributed by atoms with van der Waals surface area (Å²) in [6.45, 7) is 23.1. The van der Waals surface area contributed by atoms with Gasteiger partial charge in [-0.2, -0.15) is 37.7 Å². The van der Waals surface area contributed by atoms with Gasteiger partial charge < -0.3 is 9.47 Å². The molecule has 76 heavy (non-hydrogen) atoms.